The predicted molar refractivity (Wildman–Crippen MR) is 135 cm³/mol. The highest BCUT2D eigenvalue weighted by Gasteiger charge is 2.36. The van der Waals surface area contributed by atoms with Crippen molar-refractivity contribution in [3.05, 3.63) is 102 Å². The van der Waals surface area contributed by atoms with E-state index in [4.69, 9.17) is 18.9 Å². The van der Waals surface area contributed by atoms with E-state index in [9.17, 15) is 27.6 Å². The number of unbranched alkanes of at least 4 members (excludes halogenated alkanes) is 1. The second-order valence-electron chi connectivity index (χ2n) is 8.25. The van der Waals surface area contributed by atoms with Gasteiger partial charge in [0, 0.05) is 6.08 Å². The molecule has 0 aliphatic heterocycles. The van der Waals surface area contributed by atoms with Crippen LogP contribution in [0.3, 0.4) is 0 Å². The Morgan fingerprint density at radius 3 is 2.03 bits per heavy atom. The molecule has 3 rings (SSSR count). The van der Waals surface area contributed by atoms with Gasteiger partial charge in [0.25, 0.3) is 0 Å². The van der Waals surface area contributed by atoms with E-state index < -0.39 is 35.4 Å². The van der Waals surface area contributed by atoms with Crippen LogP contribution < -0.4 is 14.2 Å². The van der Waals surface area contributed by atoms with E-state index in [1.165, 1.54) is 36.4 Å². The highest BCUT2D eigenvalue weighted by atomic mass is 19.4. The topological polar surface area (TPSA) is 88.1 Å². The molecule has 39 heavy (non-hydrogen) atoms. The van der Waals surface area contributed by atoms with Gasteiger partial charge in [0.2, 0.25) is 0 Å². The molecule has 0 bridgehead atoms. The van der Waals surface area contributed by atoms with Crippen molar-refractivity contribution in [2.24, 2.45) is 0 Å². The normalized spacial score (nSPS) is 10.9. The van der Waals surface area contributed by atoms with Crippen LogP contribution in [0, 0.1) is 6.92 Å². The van der Waals surface area contributed by atoms with Crippen LogP contribution in [0.25, 0.3) is 0 Å². The Morgan fingerprint density at radius 1 is 0.795 bits per heavy atom. The average Bonchev–Trinajstić information content (AvgIpc) is 2.91. The Bertz CT molecular complexity index is 1310. The van der Waals surface area contributed by atoms with E-state index in [1.54, 1.807) is 12.1 Å². The van der Waals surface area contributed by atoms with Crippen LogP contribution in [0.1, 0.15) is 44.7 Å². The summed E-state index contributed by atoms with van der Waals surface area (Å²) >= 11 is 0. The first-order chi connectivity index (χ1) is 18.6. The number of esters is 3. The van der Waals surface area contributed by atoms with Crippen LogP contribution in [0.5, 0.6) is 17.2 Å². The fraction of sp³-hybridized carbons (Fsp3) is 0.207. The van der Waals surface area contributed by atoms with E-state index in [2.05, 4.69) is 6.58 Å². The van der Waals surface area contributed by atoms with Gasteiger partial charge in [0.05, 0.1) is 29.9 Å². The third-order valence-corrected chi connectivity index (χ3v) is 5.26. The van der Waals surface area contributed by atoms with Crippen molar-refractivity contribution >= 4 is 17.9 Å². The van der Waals surface area contributed by atoms with Gasteiger partial charge in [-0.2, -0.15) is 13.2 Å². The molecule has 0 unspecified atom stereocenters. The monoisotopic (exact) mass is 542 g/mol. The zero-order valence-electron chi connectivity index (χ0n) is 21.0. The van der Waals surface area contributed by atoms with Crippen LogP contribution in [0.4, 0.5) is 13.2 Å². The number of carbonyl (C=O) groups is 3. The molecule has 0 aliphatic rings. The first kappa shape index (κ1) is 29.0. The van der Waals surface area contributed by atoms with Gasteiger partial charge in [-0.05, 0) is 74.4 Å². The Labute approximate surface area is 222 Å². The summed E-state index contributed by atoms with van der Waals surface area (Å²) in [4.78, 5) is 35.9. The average molecular weight is 543 g/mol. The maximum atomic E-state index is 13.7. The van der Waals surface area contributed by atoms with Crippen LogP contribution in [0.2, 0.25) is 0 Å². The smallest absolute Gasteiger partial charge is 0.420 e. The first-order valence-corrected chi connectivity index (χ1v) is 11.8. The Morgan fingerprint density at radius 2 is 1.38 bits per heavy atom. The minimum atomic E-state index is -4.91. The SMILES string of the molecule is C=CC(=O)OCCCCOc1ccc(C(=O)Oc2ccc(C(=O)Oc3ccc(C)cc3)cc2C(F)(F)F)cc1. The van der Waals surface area contributed by atoms with E-state index in [0.29, 0.717) is 31.3 Å². The van der Waals surface area contributed by atoms with Gasteiger partial charge < -0.3 is 18.9 Å². The standard InChI is InChI=1S/C29H25F3O7/c1-3-26(33)37-17-5-4-16-36-22-13-8-20(9-14-22)27(34)39-25-15-10-21(18-24(25)29(30,31)32)28(35)38-23-11-6-19(2)7-12-23/h3,6-15,18H,1,4-5,16-17H2,2H3. The van der Waals surface area contributed by atoms with Gasteiger partial charge in [-0.1, -0.05) is 24.3 Å². The van der Waals surface area contributed by atoms with Gasteiger partial charge in [-0.3, -0.25) is 0 Å². The second kappa shape index (κ2) is 13.3. The lowest BCUT2D eigenvalue weighted by molar-refractivity contribution is -0.139. The molecule has 0 N–H and O–H groups in total. The lowest BCUT2D eigenvalue weighted by Gasteiger charge is -2.14. The van der Waals surface area contributed by atoms with Gasteiger partial charge in [-0.25, -0.2) is 14.4 Å². The molecule has 7 nitrogen and oxygen atoms in total. The zero-order valence-corrected chi connectivity index (χ0v) is 21.0. The summed E-state index contributed by atoms with van der Waals surface area (Å²) in [5.74, 6) is -2.66. The fourth-order valence-corrected chi connectivity index (χ4v) is 3.21. The molecule has 0 heterocycles. The number of aryl methyl sites for hydroxylation is 1. The number of halogens is 3. The summed E-state index contributed by atoms with van der Waals surface area (Å²) in [5, 5.41) is 0. The highest BCUT2D eigenvalue weighted by molar-refractivity contribution is 5.93. The molecule has 0 spiro atoms. The summed E-state index contributed by atoms with van der Waals surface area (Å²) in [6.07, 6.45) is -2.65. The van der Waals surface area contributed by atoms with Gasteiger partial charge >= 0.3 is 24.1 Å². The summed E-state index contributed by atoms with van der Waals surface area (Å²) in [5.41, 5.74) is -0.742. The largest absolute Gasteiger partial charge is 0.494 e. The Hall–Kier alpha value is -4.60. The Kier molecular flexibility index (Phi) is 9.86. The fourth-order valence-electron chi connectivity index (χ4n) is 3.21. The maximum absolute atomic E-state index is 13.7. The Balaban J connectivity index is 1.61. The summed E-state index contributed by atoms with van der Waals surface area (Å²) in [7, 11) is 0. The van der Waals surface area contributed by atoms with E-state index >= 15 is 0 Å². The zero-order chi connectivity index (χ0) is 28.4. The van der Waals surface area contributed by atoms with Gasteiger partial charge in [0.15, 0.2) is 0 Å². The summed E-state index contributed by atoms with van der Waals surface area (Å²) < 4.78 is 61.7. The van der Waals surface area contributed by atoms with Gasteiger partial charge in [0.1, 0.15) is 17.2 Å². The minimum absolute atomic E-state index is 0.00494. The molecule has 0 radical (unpaired) electrons. The number of rotatable bonds is 11. The lowest BCUT2D eigenvalue weighted by atomic mass is 10.1. The number of hydrogen-bond acceptors (Lipinski definition) is 7. The maximum Gasteiger partial charge on any atom is 0.420 e. The van der Waals surface area contributed by atoms with Crippen LogP contribution in [0.15, 0.2) is 79.4 Å². The van der Waals surface area contributed by atoms with Crippen molar-refractivity contribution in [3.63, 3.8) is 0 Å². The number of hydrogen-bond donors (Lipinski definition) is 0. The third kappa shape index (κ3) is 8.74. The molecule has 0 aliphatic carbocycles. The van der Waals surface area contributed by atoms with Gasteiger partial charge in [-0.15, -0.1) is 0 Å². The van der Waals surface area contributed by atoms with E-state index in [1.807, 2.05) is 6.92 Å². The van der Waals surface area contributed by atoms with Crippen LogP contribution in [-0.2, 0) is 15.7 Å². The van der Waals surface area contributed by atoms with E-state index in [0.717, 1.165) is 23.8 Å². The number of alkyl halides is 3. The lowest BCUT2D eigenvalue weighted by Crippen LogP contribution is -2.16. The first-order valence-electron chi connectivity index (χ1n) is 11.8. The number of carbonyl (C=O) groups excluding carboxylic acids is 3. The van der Waals surface area contributed by atoms with Crippen molar-refractivity contribution in [1.82, 2.24) is 0 Å². The highest BCUT2D eigenvalue weighted by Crippen LogP contribution is 2.37. The number of ether oxygens (including phenoxy) is 4. The predicted octanol–water partition coefficient (Wildman–Crippen LogP) is 6.34. The molecule has 3 aromatic carbocycles. The molecule has 0 aromatic heterocycles. The molecule has 204 valence electrons. The van der Waals surface area contributed by atoms with Crippen molar-refractivity contribution in [3.8, 4) is 17.2 Å². The van der Waals surface area contributed by atoms with E-state index in [-0.39, 0.29) is 23.5 Å². The molecule has 10 heteroatoms. The van der Waals surface area contributed by atoms with Crippen LogP contribution >= 0.6 is 0 Å². The number of benzene rings is 3. The molecular formula is C29H25F3O7. The molecule has 0 amide bonds. The summed E-state index contributed by atoms with van der Waals surface area (Å²) in [6, 6.07) is 14.6. The van der Waals surface area contributed by atoms with Crippen molar-refractivity contribution in [1.29, 1.82) is 0 Å². The minimum Gasteiger partial charge on any atom is -0.494 e. The molecular weight excluding hydrogens is 517 g/mol. The summed E-state index contributed by atoms with van der Waals surface area (Å²) in [6.45, 7) is 5.68. The molecule has 0 saturated heterocycles. The molecule has 0 saturated carbocycles. The van der Waals surface area contributed by atoms with Crippen molar-refractivity contribution < 1.29 is 46.5 Å². The molecule has 0 fully saturated rings. The quantitative estimate of drug-likeness (QED) is 0.121. The second-order valence-corrected chi connectivity index (χ2v) is 8.25. The molecule has 3 aromatic rings. The van der Waals surface area contributed by atoms with Crippen LogP contribution in [-0.4, -0.2) is 31.1 Å². The van der Waals surface area contributed by atoms with Crippen molar-refractivity contribution in [2.75, 3.05) is 13.2 Å². The van der Waals surface area contributed by atoms with Crippen molar-refractivity contribution in [2.45, 2.75) is 25.9 Å². The molecule has 0 atom stereocenters. The third-order valence-electron chi connectivity index (χ3n) is 5.26.